The standard InChI is InChI=1S/C6H14O2/c1-3-4-6(7)5-8-2/h6-7H,3-5H2,1-2H3/t6-/m0/s1. The zero-order valence-electron chi connectivity index (χ0n) is 5.55. The molecule has 0 fully saturated rings. The van der Waals surface area contributed by atoms with E-state index < -0.39 is 0 Å². The molecule has 0 bridgehead atoms. The molecular weight excluding hydrogens is 104 g/mol. The van der Waals surface area contributed by atoms with Gasteiger partial charge in [0.1, 0.15) is 0 Å². The topological polar surface area (TPSA) is 29.5 Å². The molecular formula is C6H14O2. The van der Waals surface area contributed by atoms with Crippen LogP contribution in [0.25, 0.3) is 0 Å². The van der Waals surface area contributed by atoms with Gasteiger partial charge < -0.3 is 9.84 Å². The molecule has 0 spiro atoms. The van der Waals surface area contributed by atoms with Gasteiger partial charge >= 0.3 is 0 Å². The van der Waals surface area contributed by atoms with Crippen molar-refractivity contribution in [1.29, 1.82) is 0 Å². The predicted octanol–water partition coefficient (Wildman–Crippen LogP) is 0.794. The molecule has 0 radical (unpaired) electrons. The second kappa shape index (κ2) is 5.06. The molecule has 1 atom stereocenters. The minimum absolute atomic E-state index is 0.259. The maximum absolute atomic E-state index is 8.92. The van der Waals surface area contributed by atoms with E-state index in [1.54, 1.807) is 7.11 Å². The summed E-state index contributed by atoms with van der Waals surface area (Å²) in [7, 11) is 1.60. The average Bonchev–Trinajstić information content (AvgIpc) is 1.68. The number of hydrogen-bond donors (Lipinski definition) is 1. The van der Waals surface area contributed by atoms with E-state index in [1.807, 2.05) is 6.92 Å². The van der Waals surface area contributed by atoms with E-state index in [4.69, 9.17) is 9.84 Å². The first-order chi connectivity index (χ1) is 3.81. The van der Waals surface area contributed by atoms with Gasteiger partial charge in [-0.25, -0.2) is 0 Å². The molecule has 0 aliphatic heterocycles. The Labute approximate surface area is 50.5 Å². The Morgan fingerprint density at radius 3 is 2.62 bits per heavy atom. The molecule has 50 valence electrons. The quantitative estimate of drug-likeness (QED) is 0.591. The lowest BCUT2D eigenvalue weighted by atomic mass is 10.2. The summed E-state index contributed by atoms with van der Waals surface area (Å²) in [4.78, 5) is 0. The largest absolute Gasteiger partial charge is 0.391 e. The molecule has 0 saturated heterocycles. The minimum atomic E-state index is -0.259. The molecule has 1 N–H and O–H groups in total. The van der Waals surface area contributed by atoms with Gasteiger partial charge in [-0.15, -0.1) is 0 Å². The molecule has 0 aliphatic carbocycles. The molecule has 2 nitrogen and oxygen atoms in total. The molecule has 8 heavy (non-hydrogen) atoms. The molecule has 0 aromatic rings. The van der Waals surface area contributed by atoms with E-state index in [0.29, 0.717) is 6.61 Å². The third kappa shape index (κ3) is 4.09. The van der Waals surface area contributed by atoms with Crippen LogP contribution in [0.15, 0.2) is 0 Å². The van der Waals surface area contributed by atoms with E-state index in [0.717, 1.165) is 12.8 Å². The zero-order valence-corrected chi connectivity index (χ0v) is 5.55. The highest BCUT2D eigenvalue weighted by atomic mass is 16.5. The predicted molar refractivity (Wildman–Crippen MR) is 32.8 cm³/mol. The Morgan fingerprint density at radius 1 is 1.62 bits per heavy atom. The summed E-state index contributed by atoms with van der Waals surface area (Å²) < 4.78 is 4.71. The minimum Gasteiger partial charge on any atom is -0.391 e. The van der Waals surface area contributed by atoms with Gasteiger partial charge in [-0.05, 0) is 6.42 Å². The van der Waals surface area contributed by atoms with Crippen LogP contribution in [0.1, 0.15) is 19.8 Å². The smallest absolute Gasteiger partial charge is 0.0773 e. The Bertz CT molecular complexity index is 39.8. The monoisotopic (exact) mass is 118 g/mol. The van der Waals surface area contributed by atoms with Crippen LogP contribution in [0.2, 0.25) is 0 Å². The Hall–Kier alpha value is -0.0800. The number of ether oxygens (including phenoxy) is 1. The van der Waals surface area contributed by atoms with Crippen LogP contribution in [0.4, 0.5) is 0 Å². The fourth-order valence-electron chi connectivity index (χ4n) is 0.609. The average molecular weight is 118 g/mol. The van der Waals surface area contributed by atoms with Crippen LogP contribution >= 0.6 is 0 Å². The first-order valence-corrected chi connectivity index (χ1v) is 2.98. The molecule has 0 heterocycles. The lowest BCUT2D eigenvalue weighted by Crippen LogP contribution is -2.12. The number of methoxy groups -OCH3 is 1. The van der Waals surface area contributed by atoms with E-state index in [-0.39, 0.29) is 6.10 Å². The summed E-state index contributed by atoms with van der Waals surface area (Å²) in [5.74, 6) is 0. The van der Waals surface area contributed by atoms with Crippen LogP contribution in [0, 0.1) is 0 Å². The van der Waals surface area contributed by atoms with Gasteiger partial charge in [0.25, 0.3) is 0 Å². The highest BCUT2D eigenvalue weighted by Crippen LogP contribution is 1.94. The van der Waals surface area contributed by atoms with Crippen molar-refractivity contribution >= 4 is 0 Å². The molecule has 0 saturated carbocycles. The van der Waals surface area contributed by atoms with E-state index in [9.17, 15) is 0 Å². The van der Waals surface area contributed by atoms with Gasteiger partial charge in [0.05, 0.1) is 12.7 Å². The zero-order chi connectivity index (χ0) is 6.41. The maximum Gasteiger partial charge on any atom is 0.0773 e. The number of aliphatic hydroxyl groups excluding tert-OH is 1. The van der Waals surface area contributed by atoms with Gasteiger partial charge in [-0.1, -0.05) is 13.3 Å². The van der Waals surface area contributed by atoms with Gasteiger partial charge in [-0.2, -0.15) is 0 Å². The molecule has 0 aliphatic rings. The van der Waals surface area contributed by atoms with Crippen LogP contribution in [-0.2, 0) is 4.74 Å². The van der Waals surface area contributed by atoms with Crippen LogP contribution in [-0.4, -0.2) is 24.9 Å². The Kier molecular flexibility index (Phi) is 5.01. The van der Waals surface area contributed by atoms with Crippen molar-refractivity contribution in [3.05, 3.63) is 0 Å². The van der Waals surface area contributed by atoms with Crippen molar-refractivity contribution in [3.63, 3.8) is 0 Å². The second-order valence-corrected chi connectivity index (χ2v) is 1.90. The lowest BCUT2D eigenvalue weighted by Gasteiger charge is -2.05. The first kappa shape index (κ1) is 7.92. The van der Waals surface area contributed by atoms with Crippen LogP contribution < -0.4 is 0 Å². The second-order valence-electron chi connectivity index (χ2n) is 1.90. The number of rotatable bonds is 4. The highest BCUT2D eigenvalue weighted by Gasteiger charge is 1.98. The summed E-state index contributed by atoms with van der Waals surface area (Å²) in [6, 6.07) is 0. The third-order valence-electron chi connectivity index (χ3n) is 0.981. The van der Waals surface area contributed by atoms with Crippen molar-refractivity contribution in [2.45, 2.75) is 25.9 Å². The lowest BCUT2D eigenvalue weighted by molar-refractivity contribution is 0.0589. The molecule has 0 aromatic carbocycles. The van der Waals surface area contributed by atoms with Crippen molar-refractivity contribution < 1.29 is 9.84 Å². The Balaban J connectivity index is 2.92. The van der Waals surface area contributed by atoms with Crippen LogP contribution in [0.3, 0.4) is 0 Å². The fourth-order valence-corrected chi connectivity index (χ4v) is 0.609. The molecule has 0 aromatic heterocycles. The fraction of sp³-hybridized carbons (Fsp3) is 1.00. The van der Waals surface area contributed by atoms with Crippen molar-refractivity contribution in [2.24, 2.45) is 0 Å². The number of aliphatic hydroxyl groups is 1. The van der Waals surface area contributed by atoms with Crippen molar-refractivity contribution in [3.8, 4) is 0 Å². The summed E-state index contributed by atoms with van der Waals surface area (Å²) in [5.41, 5.74) is 0. The van der Waals surface area contributed by atoms with Crippen molar-refractivity contribution in [1.82, 2.24) is 0 Å². The van der Waals surface area contributed by atoms with E-state index in [1.165, 1.54) is 0 Å². The van der Waals surface area contributed by atoms with Gasteiger partial charge in [0.2, 0.25) is 0 Å². The third-order valence-corrected chi connectivity index (χ3v) is 0.981. The highest BCUT2D eigenvalue weighted by molar-refractivity contribution is 4.49. The molecule has 2 heteroatoms. The van der Waals surface area contributed by atoms with Crippen LogP contribution in [0.5, 0.6) is 0 Å². The van der Waals surface area contributed by atoms with Gasteiger partial charge in [0.15, 0.2) is 0 Å². The Morgan fingerprint density at radius 2 is 2.25 bits per heavy atom. The van der Waals surface area contributed by atoms with Crippen molar-refractivity contribution in [2.75, 3.05) is 13.7 Å². The normalized spacial score (nSPS) is 13.9. The van der Waals surface area contributed by atoms with Gasteiger partial charge in [0, 0.05) is 7.11 Å². The number of hydrogen-bond acceptors (Lipinski definition) is 2. The van der Waals surface area contributed by atoms with E-state index >= 15 is 0 Å². The summed E-state index contributed by atoms with van der Waals surface area (Å²) in [5, 5.41) is 8.92. The molecule has 0 unspecified atom stereocenters. The molecule has 0 rings (SSSR count). The SMILES string of the molecule is CCC[C@H](O)COC. The van der Waals surface area contributed by atoms with Gasteiger partial charge in [-0.3, -0.25) is 0 Å². The first-order valence-electron chi connectivity index (χ1n) is 2.98. The molecule has 0 amide bonds. The summed E-state index contributed by atoms with van der Waals surface area (Å²) >= 11 is 0. The maximum atomic E-state index is 8.92. The van der Waals surface area contributed by atoms with E-state index in [2.05, 4.69) is 0 Å². The summed E-state index contributed by atoms with van der Waals surface area (Å²) in [6.07, 6.45) is 1.60. The summed E-state index contributed by atoms with van der Waals surface area (Å²) in [6.45, 7) is 2.51.